The molecule has 0 aliphatic carbocycles. The SMILES string of the molecule is Cc1ccc(/C=N\Nc2nnc(C(C)(C)C)c(=O)[nH]2)cc1. The Labute approximate surface area is 123 Å². The quantitative estimate of drug-likeness (QED) is 0.669. The minimum Gasteiger partial charge on any atom is -0.288 e. The molecule has 0 bridgehead atoms. The van der Waals surface area contributed by atoms with Gasteiger partial charge in [-0.1, -0.05) is 50.6 Å². The average Bonchev–Trinajstić information content (AvgIpc) is 2.40. The van der Waals surface area contributed by atoms with Crippen molar-refractivity contribution in [2.45, 2.75) is 33.1 Å². The number of nitrogens with one attached hydrogen (secondary N) is 2. The summed E-state index contributed by atoms with van der Waals surface area (Å²) in [6, 6.07) is 7.91. The van der Waals surface area contributed by atoms with Crippen LogP contribution in [0.3, 0.4) is 0 Å². The van der Waals surface area contributed by atoms with Crippen molar-refractivity contribution < 1.29 is 0 Å². The number of benzene rings is 1. The van der Waals surface area contributed by atoms with Gasteiger partial charge in [-0.3, -0.25) is 9.78 Å². The molecule has 21 heavy (non-hydrogen) atoms. The summed E-state index contributed by atoms with van der Waals surface area (Å²) in [7, 11) is 0. The van der Waals surface area contributed by atoms with E-state index >= 15 is 0 Å². The molecule has 1 heterocycles. The lowest BCUT2D eigenvalue weighted by Crippen LogP contribution is -2.28. The van der Waals surface area contributed by atoms with Crippen LogP contribution in [0.1, 0.15) is 37.6 Å². The third-order valence-electron chi connectivity index (χ3n) is 2.87. The van der Waals surface area contributed by atoms with E-state index in [1.54, 1.807) is 6.21 Å². The Morgan fingerprint density at radius 3 is 2.43 bits per heavy atom. The number of aromatic nitrogens is 3. The van der Waals surface area contributed by atoms with Crippen LogP contribution in [0.25, 0.3) is 0 Å². The van der Waals surface area contributed by atoms with Crippen LogP contribution in [-0.2, 0) is 5.41 Å². The highest BCUT2D eigenvalue weighted by Crippen LogP contribution is 2.15. The molecule has 6 nitrogen and oxygen atoms in total. The maximum atomic E-state index is 11.9. The molecule has 1 aromatic heterocycles. The highest BCUT2D eigenvalue weighted by molar-refractivity contribution is 5.79. The van der Waals surface area contributed by atoms with E-state index in [0.29, 0.717) is 5.69 Å². The van der Waals surface area contributed by atoms with E-state index in [0.717, 1.165) is 5.56 Å². The largest absolute Gasteiger partial charge is 0.288 e. The second kappa shape index (κ2) is 5.87. The summed E-state index contributed by atoms with van der Waals surface area (Å²) < 4.78 is 0. The summed E-state index contributed by atoms with van der Waals surface area (Å²) >= 11 is 0. The Hall–Kier alpha value is -2.50. The van der Waals surface area contributed by atoms with Gasteiger partial charge >= 0.3 is 0 Å². The number of aryl methyl sites for hydroxylation is 1. The van der Waals surface area contributed by atoms with Gasteiger partial charge < -0.3 is 0 Å². The van der Waals surface area contributed by atoms with E-state index in [9.17, 15) is 4.79 Å². The van der Waals surface area contributed by atoms with Crippen LogP contribution in [0.2, 0.25) is 0 Å². The molecule has 0 atom stereocenters. The van der Waals surface area contributed by atoms with Crippen LogP contribution in [0.4, 0.5) is 5.95 Å². The first kappa shape index (κ1) is 14.9. The van der Waals surface area contributed by atoms with Crippen molar-refractivity contribution in [3.05, 3.63) is 51.4 Å². The summed E-state index contributed by atoms with van der Waals surface area (Å²) in [6.45, 7) is 7.76. The van der Waals surface area contributed by atoms with Crippen LogP contribution in [-0.4, -0.2) is 21.4 Å². The van der Waals surface area contributed by atoms with E-state index in [4.69, 9.17) is 0 Å². The summed E-state index contributed by atoms with van der Waals surface area (Å²) in [5.74, 6) is 0.219. The fraction of sp³-hybridized carbons (Fsp3) is 0.333. The molecule has 6 heteroatoms. The van der Waals surface area contributed by atoms with Gasteiger partial charge in [0, 0.05) is 5.41 Å². The highest BCUT2D eigenvalue weighted by atomic mass is 16.1. The van der Waals surface area contributed by atoms with E-state index in [2.05, 4.69) is 25.7 Å². The van der Waals surface area contributed by atoms with Gasteiger partial charge in [-0.15, -0.1) is 10.2 Å². The van der Waals surface area contributed by atoms with Gasteiger partial charge in [-0.25, -0.2) is 5.43 Å². The molecule has 2 N–H and O–H groups in total. The highest BCUT2D eigenvalue weighted by Gasteiger charge is 2.20. The number of rotatable bonds is 3. The van der Waals surface area contributed by atoms with Crippen LogP contribution in [0, 0.1) is 6.92 Å². The second-order valence-electron chi connectivity index (χ2n) is 5.88. The Morgan fingerprint density at radius 2 is 1.86 bits per heavy atom. The van der Waals surface area contributed by atoms with Crippen LogP contribution in [0.5, 0.6) is 0 Å². The molecule has 0 amide bonds. The molecule has 0 saturated carbocycles. The van der Waals surface area contributed by atoms with E-state index < -0.39 is 0 Å². The molecule has 0 spiro atoms. The lowest BCUT2D eigenvalue weighted by Gasteiger charge is -2.15. The normalized spacial score (nSPS) is 11.8. The average molecular weight is 285 g/mol. The fourth-order valence-corrected chi connectivity index (χ4v) is 1.70. The standard InChI is InChI=1S/C15H19N5O/c1-10-5-7-11(8-6-10)9-16-19-14-17-13(21)12(18-20-14)15(2,3)4/h5-9H,1-4H3,(H2,17,19,20,21)/b16-9-. The number of hydrazone groups is 1. The van der Waals surface area contributed by atoms with Gasteiger partial charge in [0.2, 0.25) is 5.95 Å². The maximum Gasteiger partial charge on any atom is 0.274 e. The molecule has 2 rings (SSSR count). The molecule has 1 aromatic carbocycles. The van der Waals surface area contributed by atoms with Crippen molar-refractivity contribution in [1.29, 1.82) is 0 Å². The first-order valence-corrected chi connectivity index (χ1v) is 6.69. The lowest BCUT2D eigenvalue weighted by molar-refractivity contribution is 0.547. The molecule has 0 saturated heterocycles. The first-order valence-electron chi connectivity index (χ1n) is 6.69. The van der Waals surface area contributed by atoms with Crippen LogP contribution in [0.15, 0.2) is 34.2 Å². The first-order chi connectivity index (χ1) is 9.86. The molecule has 0 aliphatic rings. The van der Waals surface area contributed by atoms with Crippen LogP contribution >= 0.6 is 0 Å². The third kappa shape index (κ3) is 3.98. The smallest absolute Gasteiger partial charge is 0.274 e. The Kier molecular flexibility index (Phi) is 4.16. The Bertz CT molecular complexity index is 695. The predicted molar refractivity (Wildman–Crippen MR) is 83.7 cm³/mol. The predicted octanol–water partition coefficient (Wildman–Crippen LogP) is 2.22. The molecule has 2 aromatic rings. The summed E-state index contributed by atoms with van der Waals surface area (Å²) in [5, 5.41) is 11.9. The zero-order chi connectivity index (χ0) is 15.5. The van der Waals surface area contributed by atoms with Gasteiger partial charge in [0.15, 0.2) is 0 Å². The molecule has 0 radical (unpaired) electrons. The molecular formula is C15H19N5O. The minimum atomic E-state index is -0.343. The number of hydrogen-bond acceptors (Lipinski definition) is 5. The van der Waals surface area contributed by atoms with E-state index in [1.165, 1.54) is 5.56 Å². The number of nitrogens with zero attached hydrogens (tertiary/aromatic N) is 3. The van der Waals surface area contributed by atoms with Gasteiger partial charge in [-0.05, 0) is 12.5 Å². The topological polar surface area (TPSA) is 83.0 Å². The van der Waals surface area contributed by atoms with Gasteiger partial charge in [-0.2, -0.15) is 5.10 Å². The number of H-pyrrole nitrogens is 1. The fourth-order valence-electron chi connectivity index (χ4n) is 1.70. The number of anilines is 1. The summed E-state index contributed by atoms with van der Waals surface area (Å²) in [4.78, 5) is 14.5. The van der Waals surface area contributed by atoms with Crippen molar-refractivity contribution in [3.63, 3.8) is 0 Å². The zero-order valence-corrected chi connectivity index (χ0v) is 12.6. The van der Waals surface area contributed by atoms with Crippen molar-refractivity contribution in [1.82, 2.24) is 15.2 Å². The van der Waals surface area contributed by atoms with Gasteiger partial charge in [0.25, 0.3) is 5.56 Å². The Morgan fingerprint density at radius 1 is 1.19 bits per heavy atom. The third-order valence-corrected chi connectivity index (χ3v) is 2.87. The zero-order valence-electron chi connectivity index (χ0n) is 12.6. The van der Waals surface area contributed by atoms with Gasteiger partial charge in [0.1, 0.15) is 5.69 Å². The summed E-state index contributed by atoms with van der Waals surface area (Å²) in [5.41, 5.74) is 4.61. The molecule has 0 aliphatic heterocycles. The number of hydrogen-bond donors (Lipinski definition) is 2. The van der Waals surface area contributed by atoms with Crippen molar-refractivity contribution in [2.24, 2.45) is 5.10 Å². The van der Waals surface area contributed by atoms with E-state index in [1.807, 2.05) is 52.0 Å². The molecular weight excluding hydrogens is 266 g/mol. The minimum absolute atomic E-state index is 0.219. The van der Waals surface area contributed by atoms with Crippen molar-refractivity contribution in [2.75, 3.05) is 5.43 Å². The lowest BCUT2D eigenvalue weighted by atomic mass is 9.93. The molecule has 110 valence electrons. The van der Waals surface area contributed by atoms with Crippen molar-refractivity contribution >= 4 is 12.2 Å². The number of aromatic amines is 1. The second-order valence-corrected chi connectivity index (χ2v) is 5.88. The summed E-state index contributed by atoms with van der Waals surface area (Å²) in [6.07, 6.45) is 1.65. The van der Waals surface area contributed by atoms with Crippen LogP contribution < -0.4 is 11.0 Å². The Balaban J connectivity index is 2.09. The monoisotopic (exact) mass is 285 g/mol. The van der Waals surface area contributed by atoms with E-state index in [-0.39, 0.29) is 16.9 Å². The maximum absolute atomic E-state index is 11.9. The molecule has 0 fully saturated rings. The van der Waals surface area contributed by atoms with Crippen molar-refractivity contribution in [3.8, 4) is 0 Å². The van der Waals surface area contributed by atoms with Gasteiger partial charge in [0.05, 0.1) is 6.21 Å². The molecule has 0 unspecified atom stereocenters.